The van der Waals surface area contributed by atoms with Gasteiger partial charge in [-0.15, -0.1) is 11.3 Å². The van der Waals surface area contributed by atoms with Gasteiger partial charge >= 0.3 is 5.97 Å². The first-order chi connectivity index (χ1) is 6.43. The molecule has 0 radical (unpaired) electrons. The average Bonchev–Trinajstić information content (AvgIpc) is 2.32. The van der Waals surface area contributed by atoms with Crippen molar-refractivity contribution in [2.45, 2.75) is 12.5 Å². The normalized spacial score (nSPS) is 12.9. The molecule has 0 aromatic carbocycles. The van der Waals surface area contributed by atoms with Crippen molar-refractivity contribution >= 4 is 52.1 Å². The maximum Gasteiger partial charge on any atom is 0.320 e. The van der Waals surface area contributed by atoms with E-state index in [1.165, 1.54) is 0 Å². The Kier molecular flexibility index (Phi) is 4.04. The Morgan fingerprint density at radius 1 is 1.43 bits per heavy atom. The molecule has 1 atom stereocenters. The van der Waals surface area contributed by atoms with E-state index in [1.54, 1.807) is 0 Å². The number of hydrogen-bond donors (Lipinski definition) is 2. The fourth-order valence-corrected chi connectivity index (χ4v) is 2.80. The summed E-state index contributed by atoms with van der Waals surface area (Å²) >= 11 is 18.4. The molecule has 1 unspecified atom stereocenters. The standard InChI is InChI=1S/C7H6Cl3NO2S/c8-4-2(1-3(11)7(12)13)5(9)14-6(4)10/h3H,1,11H2,(H,12,13). The minimum Gasteiger partial charge on any atom is -0.480 e. The molecule has 3 N–H and O–H groups in total. The SMILES string of the molecule is NC(Cc1c(Cl)sc(Cl)c1Cl)C(=O)O. The first-order valence-corrected chi connectivity index (χ1v) is 5.49. The number of carboxylic acid groups (broad SMARTS) is 1. The minimum atomic E-state index is -1.10. The van der Waals surface area contributed by atoms with Crippen LogP contribution >= 0.6 is 46.1 Å². The van der Waals surface area contributed by atoms with E-state index in [9.17, 15) is 4.79 Å². The Morgan fingerprint density at radius 2 is 2.00 bits per heavy atom. The second-order valence-corrected chi connectivity index (χ2v) is 5.19. The highest BCUT2D eigenvalue weighted by atomic mass is 35.5. The van der Waals surface area contributed by atoms with Gasteiger partial charge in [0.1, 0.15) is 10.4 Å². The van der Waals surface area contributed by atoms with E-state index >= 15 is 0 Å². The molecular formula is C7H6Cl3NO2S. The van der Waals surface area contributed by atoms with Gasteiger partial charge in [-0.3, -0.25) is 4.79 Å². The number of aliphatic carboxylic acids is 1. The zero-order chi connectivity index (χ0) is 10.9. The van der Waals surface area contributed by atoms with Crippen LogP contribution in [0.15, 0.2) is 0 Å². The molecule has 1 aromatic heterocycles. The van der Waals surface area contributed by atoms with Crippen LogP contribution in [0.3, 0.4) is 0 Å². The van der Waals surface area contributed by atoms with Gasteiger partial charge in [-0.2, -0.15) is 0 Å². The number of hydrogen-bond acceptors (Lipinski definition) is 3. The van der Waals surface area contributed by atoms with Crippen LogP contribution in [-0.4, -0.2) is 17.1 Å². The van der Waals surface area contributed by atoms with Gasteiger partial charge in [-0.25, -0.2) is 0 Å². The molecule has 0 aliphatic carbocycles. The Balaban J connectivity index is 2.91. The second-order valence-electron chi connectivity index (χ2n) is 2.59. The molecule has 14 heavy (non-hydrogen) atoms. The number of carboxylic acids is 1. The Morgan fingerprint density at radius 3 is 2.36 bits per heavy atom. The van der Waals surface area contributed by atoms with Gasteiger partial charge in [0, 0.05) is 12.0 Å². The number of halogens is 3. The summed E-state index contributed by atoms with van der Waals surface area (Å²) in [4.78, 5) is 10.5. The van der Waals surface area contributed by atoms with Gasteiger partial charge in [-0.05, 0) is 0 Å². The van der Waals surface area contributed by atoms with Crippen LogP contribution in [-0.2, 0) is 11.2 Å². The number of carbonyl (C=O) groups is 1. The van der Waals surface area contributed by atoms with E-state index < -0.39 is 12.0 Å². The van der Waals surface area contributed by atoms with E-state index in [-0.39, 0.29) is 6.42 Å². The predicted molar refractivity (Wildman–Crippen MR) is 58.7 cm³/mol. The van der Waals surface area contributed by atoms with Crippen LogP contribution in [0.4, 0.5) is 0 Å². The van der Waals surface area contributed by atoms with E-state index in [2.05, 4.69) is 0 Å². The van der Waals surface area contributed by atoms with Gasteiger partial charge in [-0.1, -0.05) is 34.8 Å². The summed E-state index contributed by atoms with van der Waals surface area (Å²) < 4.78 is 0.737. The van der Waals surface area contributed by atoms with Gasteiger partial charge in [0.2, 0.25) is 0 Å². The summed E-state index contributed by atoms with van der Waals surface area (Å²) in [6.07, 6.45) is 0.0796. The first-order valence-electron chi connectivity index (χ1n) is 3.54. The molecule has 0 spiro atoms. The molecule has 0 amide bonds. The summed E-state index contributed by atoms with van der Waals surface area (Å²) in [5.41, 5.74) is 5.84. The van der Waals surface area contributed by atoms with E-state index in [1.807, 2.05) is 0 Å². The summed E-state index contributed by atoms with van der Waals surface area (Å²) in [6, 6.07) is -1.02. The van der Waals surface area contributed by atoms with Crippen LogP contribution in [0, 0.1) is 0 Å². The quantitative estimate of drug-likeness (QED) is 0.891. The number of nitrogens with two attached hydrogens (primary N) is 1. The molecule has 0 aliphatic heterocycles. The van der Waals surface area contributed by atoms with Crippen molar-refractivity contribution in [2.75, 3.05) is 0 Å². The van der Waals surface area contributed by atoms with Gasteiger partial charge in [0.15, 0.2) is 0 Å². The molecule has 0 bridgehead atoms. The molecule has 1 rings (SSSR count). The zero-order valence-electron chi connectivity index (χ0n) is 6.76. The molecule has 0 saturated carbocycles. The molecule has 1 aromatic rings. The van der Waals surface area contributed by atoms with Crippen molar-refractivity contribution in [3.63, 3.8) is 0 Å². The van der Waals surface area contributed by atoms with Crippen molar-refractivity contribution in [1.82, 2.24) is 0 Å². The van der Waals surface area contributed by atoms with Crippen LogP contribution in [0.5, 0.6) is 0 Å². The lowest BCUT2D eigenvalue weighted by molar-refractivity contribution is -0.138. The van der Waals surface area contributed by atoms with Gasteiger partial charge in [0.05, 0.1) is 9.36 Å². The lowest BCUT2D eigenvalue weighted by Gasteiger charge is -2.05. The summed E-state index contributed by atoms with van der Waals surface area (Å²) in [5.74, 6) is -1.10. The highest BCUT2D eigenvalue weighted by molar-refractivity contribution is 7.20. The van der Waals surface area contributed by atoms with Gasteiger partial charge < -0.3 is 10.8 Å². The number of thiophene rings is 1. The monoisotopic (exact) mass is 273 g/mol. The molecular weight excluding hydrogens is 269 g/mol. The summed E-state index contributed by atoms with van der Waals surface area (Å²) in [5, 5.41) is 8.88. The Bertz CT molecular complexity index is 366. The molecule has 78 valence electrons. The van der Waals surface area contributed by atoms with Crippen LogP contribution in [0.2, 0.25) is 13.7 Å². The lowest BCUT2D eigenvalue weighted by Crippen LogP contribution is -2.32. The van der Waals surface area contributed by atoms with Crippen molar-refractivity contribution < 1.29 is 9.90 Å². The third-order valence-electron chi connectivity index (χ3n) is 1.60. The molecule has 0 fully saturated rings. The summed E-state index contributed by atoms with van der Waals surface area (Å²) in [7, 11) is 0. The fraction of sp³-hybridized carbons (Fsp3) is 0.286. The van der Waals surface area contributed by atoms with Crippen LogP contribution in [0.25, 0.3) is 0 Å². The maximum atomic E-state index is 10.5. The smallest absolute Gasteiger partial charge is 0.320 e. The molecule has 7 heteroatoms. The topological polar surface area (TPSA) is 63.3 Å². The third-order valence-corrected chi connectivity index (χ3v) is 3.91. The Labute approximate surface area is 99.4 Å². The predicted octanol–water partition coefficient (Wildman–Crippen LogP) is 2.66. The van der Waals surface area contributed by atoms with Crippen molar-refractivity contribution in [1.29, 1.82) is 0 Å². The highest BCUT2D eigenvalue weighted by Crippen LogP contribution is 2.40. The van der Waals surface area contributed by atoms with E-state index in [0.717, 1.165) is 11.3 Å². The van der Waals surface area contributed by atoms with Crippen LogP contribution < -0.4 is 5.73 Å². The minimum absolute atomic E-state index is 0.0796. The zero-order valence-corrected chi connectivity index (χ0v) is 9.84. The first kappa shape index (κ1) is 12.1. The molecule has 1 heterocycles. The largest absolute Gasteiger partial charge is 0.480 e. The molecule has 0 saturated heterocycles. The summed E-state index contributed by atoms with van der Waals surface area (Å²) in [6.45, 7) is 0. The molecule has 0 aliphatic rings. The number of rotatable bonds is 3. The third kappa shape index (κ3) is 2.52. The van der Waals surface area contributed by atoms with Crippen molar-refractivity contribution in [2.24, 2.45) is 5.73 Å². The Hall–Kier alpha value is -0.000000000000000222. The molecule has 3 nitrogen and oxygen atoms in total. The lowest BCUT2D eigenvalue weighted by atomic mass is 10.1. The van der Waals surface area contributed by atoms with Crippen molar-refractivity contribution in [3.05, 3.63) is 19.3 Å². The van der Waals surface area contributed by atoms with Gasteiger partial charge in [0.25, 0.3) is 0 Å². The van der Waals surface area contributed by atoms with Crippen LogP contribution in [0.1, 0.15) is 5.56 Å². The van der Waals surface area contributed by atoms with E-state index in [4.69, 9.17) is 45.6 Å². The highest BCUT2D eigenvalue weighted by Gasteiger charge is 2.20. The fourth-order valence-electron chi connectivity index (χ4n) is 0.867. The van der Waals surface area contributed by atoms with E-state index in [0.29, 0.717) is 19.3 Å². The second kappa shape index (κ2) is 4.68. The maximum absolute atomic E-state index is 10.5. The van der Waals surface area contributed by atoms with Crippen molar-refractivity contribution in [3.8, 4) is 0 Å². The average molecular weight is 275 g/mol.